The van der Waals surface area contributed by atoms with E-state index in [1.807, 2.05) is 12.1 Å². The Balaban J connectivity index is 3.19. The fraction of sp³-hybridized carbons (Fsp3) is 0.462. The fourth-order valence-electron chi connectivity index (χ4n) is 1.92. The van der Waals surface area contributed by atoms with E-state index in [4.69, 9.17) is 27.9 Å². The Kier molecular flexibility index (Phi) is 5.44. The number of anilines is 1. The lowest BCUT2D eigenvalue weighted by Crippen LogP contribution is -2.34. The number of amidine groups is 1. The molecule has 1 rings (SSSR count). The first-order valence-electron chi connectivity index (χ1n) is 5.99. The lowest BCUT2D eigenvalue weighted by Gasteiger charge is -2.31. The molecular weight excluding hydrogens is 250 g/mol. The van der Waals surface area contributed by atoms with Crippen LogP contribution in [0.15, 0.2) is 18.2 Å². The van der Waals surface area contributed by atoms with Gasteiger partial charge in [0.25, 0.3) is 0 Å². The van der Waals surface area contributed by atoms with Crippen LogP contribution in [0.2, 0.25) is 5.02 Å². The predicted molar refractivity (Wildman–Crippen MR) is 76.7 cm³/mol. The molecule has 0 fully saturated rings. The molecule has 0 aromatic heterocycles. The summed E-state index contributed by atoms with van der Waals surface area (Å²) in [6.45, 7) is 4.96. The summed E-state index contributed by atoms with van der Waals surface area (Å²) < 4.78 is 0. The summed E-state index contributed by atoms with van der Waals surface area (Å²) in [5, 5.41) is 17.1. The van der Waals surface area contributed by atoms with Crippen LogP contribution in [0, 0.1) is 5.41 Å². The molecule has 0 aliphatic heterocycles. The van der Waals surface area contributed by atoms with Crippen LogP contribution in [0.4, 0.5) is 5.69 Å². The standard InChI is InChI=1S/C13H20ClN3O/c1-9(2)17(7-4-8-18)11-6-3-5-10(14)12(11)13(15)16/h3,5-6,9,18H,4,7-8H2,1-2H3,(H3,15,16). The van der Waals surface area contributed by atoms with Gasteiger partial charge in [0.15, 0.2) is 0 Å². The van der Waals surface area contributed by atoms with Crippen molar-refractivity contribution in [2.75, 3.05) is 18.1 Å². The van der Waals surface area contributed by atoms with E-state index >= 15 is 0 Å². The monoisotopic (exact) mass is 269 g/mol. The zero-order valence-corrected chi connectivity index (χ0v) is 11.5. The number of aliphatic hydroxyl groups excluding tert-OH is 1. The Hall–Kier alpha value is -1.26. The largest absolute Gasteiger partial charge is 0.396 e. The number of nitrogens with two attached hydrogens (primary N) is 1. The lowest BCUT2D eigenvalue weighted by atomic mass is 10.1. The molecule has 0 atom stereocenters. The van der Waals surface area contributed by atoms with Crippen molar-refractivity contribution in [2.45, 2.75) is 26.3 Å². The van der Waals surface area contributed by atoms with Crippen molar-refractivity contribution in [3.8, 4) is 0 Å². The van der Waals surface area contributed by atoms with Gasteiger partial charge in [0.2, 0.25) is 0 Å². The maximum atomic E-state index is 8.96. The molecule has 100 valence electrons. The third-order valence-electron chi connectivity index (χ3n) is 2.75. The number of halogens is 1. The van der Waals surface area contributed by atoms with Crippen LogP contribution in [-0.4, -0.2) is 30.1 Å². The van der Waals surface area contributed by atoms with Gasteiger partial charge in [-0.15, -0.1) is 0 Å². The molecule has 0 heterocycles. The van der Waals surface area contributed by atoms with E-state index in [0.29, 0.717) is 23.6 Å². The first kappa shape index (κ1) is 14.8. The molecule has 0 radical (unpaired) electrons. The molecule has 0 saturated heterocycles. The molecule has 0 saturated carbocycles. The van der Waals surface area contributed by atoms with Crippen molar-refractivity contribution in [1.29, 1.82) is 5.41 Å². The fourth-order valence-corrected chi connectivity index (χ4v) is 2.19. The second kappa shape index (κ2) is 6.61. The first-order chi connectivity index (χ1) is 8.49. The van der Waals surface area contributed by atoms with Crippen LogP contribution in [0.5, 0.6) is 0 Å². The van der Waals surface area contributed by atoms with Crippen molar-refractivity contribution >= 4 is 23.1 Å². The Morgan fingerprint density at radius 1 is 1.50 bits per heavy atom. The molecule has 4 nitrogen and oxygen atoms in total. The van der Waals surface area contributed by atoms with Gasteiger partial charge in [-0.1, -0.05) is 17.7 Å². The van der Waals surface area contributed by atoms with Crippen LogP contribution in [-0.2, 0) is 0 Å². The molecule has 0 aliphatic carbocycles. The molecule has 4 N–H and O–H groups in total. The number of rotatable bonds is 6. The number of hydrogen-bond donors (Lipinski definition) is 3. The Morgan fingerprint density at radius 3 is 2.67 bits per heavy atom. The van der Waals surface area contributed by atoms with Crippen molar-refractivity contribution in [2.24, 2.45) is 5.73 Å². The van der Waals surface area contributed by atoms with Gasteiger partial charge in [0.1, 0.15) is 5.84 Å². The van der Waals surface area contributed by atoms with Gasteiger partial charge in [-0.2, -0.15) is 0 Å². The van der Waals surface area contributed by atoms with Crippen LogP contribution < -0.4 is 10.6 Å². The number of aliphatic hydroxyl groups is 1. The third-order valence-corrected chi connectivity index (χ3v) is 3.07. The van der Waals surface area contributed by atoms with Gasteiger partial charge in [-0.05, 0) is 32.4 Å². The average Bonchev–Trinajstić information content (AvgIpc) is 2.28. The summed E-state index contributed by atoms with van der Waals surface area (Å²) in [6.07, 6.45) is 0.669. The number of benzene rings is 1. The minimum absolute atomic E-state index is 0.0368. The Morgan fingerprint density at radius 2 is 2.17 bits per heavy atom. The molecule has 0 unspecified atom stereocenters. The highest BCUT2D eigenvalue weighted by Crippen LogP contribution is 2.28. The van der Waals surface area contributed by atoms with Crippen LogP contribution in [0.1, 0.15) is 25.8 Å². The van der Waals surface area contributed by atoms with E-state index in [9.17, 15) is 0 Å². The van der Waals surface area contributed by atoms with Crippen molar-refractivity contribution in [3.05, 3.63) is 28.8 Å². The van der Waals surface area contributed by atoms with E-state index in [2.05, 4.69) is 18.7 Å². The highest BCUT2D eigenvalue weighted by atomic mass is 35.5. The molecular formula is C13H20ClN3O. The smallest absolute Gasteiger partial charge is 0.126 e. The van der Waals surface area contributed by atoms with Crippen molar-refractivity contribution in [3.63, 3.8) is 0 Å². The molecule has 18 heavy (non-hydrogen) atoms. The molecule has 0 spiro atoms. The average molecular weight is 270 g/mol. The molecule has 1 aromatic rings. The summed E-state index contributed by atoms with van der Waals surface area (Å²) in [4.78, 5) is 2.10. The topological polar surface area (TPSA) is 73.3 Å². The third kappa shape index (κ3) is 3.37. The SMILES string of the molecule is CC(C)N(CCCO)c1cccc(Cl)c1C(=N)N. The minimum atomic E-state index is -0.0368. The summed E-state index contributed by atoms with van der Waals surface area (Å²) >= 11 is 6.11. The van der Waals surface area contributed by atoms with E-state index in [-0.39, 0.29) is 18.5 Å². The van der Waals surface area contributed by atoms with Gasteiger partial charge in [0, 0.05) is 24.9 Å². The first-order valence-corrected chi connectivity index (χ1v) is 6.37. The van der Waals surface area contributed by atoms with E-state index < -0.39 is 0 Å². The van der Waals surface area contributed by atoms with E-state index in [1.165, 1.54) is 0 Å². The number of hydrogen-bond acceptors (Lipinski definition) is 3. The molecule has 0 amide bonds. The van der Waals surface area contributed by atoms with E-state index in [1.54, 1.807) is 6.07 Å². The second-order valence-corrected chi connectivity index (χ2v) is 4.82. The van der Waals surface area contributed by atoms with Gasteiger partial charge in [0.05, 0.1) is 10.6 Å². The van der Waals surface area contributed by atoms with Gasteiger partial charge in [-0.3, -0.25) is 5.41 Å². The normalized spacial score (nSPS) is 10.7. The quantitative estimate of drug-likeness (QED) is 0.548. The van der Waals surface area contributed by atoms with Crippen molar-refractivity contribution in [1.82, 2.24) is 0 Å². The summed E-state index contributed by atoms with van der Waals surface area (Å²) in [6, 6.07) is 5.72. The summed E-state index contributed by atoms with van der Waals surface area (Å²) in [7, 11) is 0. The number of nitrogens with one attached hydrogen (secondary N) is 1. The molecule has 5 heteroatoms. The van der Waals surface area contributed by atoms with Gasteiger partial charge >= 0.3 is 0 Å². The maximum absolute atomic E-state index is 8.96. The second-order valence-electron chi connectivity index (χ2n) is 4.41. The van der Waals surface area contributed by atoms with Gasteiger partial charge in [-0.25, -0.2) is 0 Å². The molecule has 1 aromatic carbocycles. The van der Waals surface area contributed by atoms with Crippen LogP contribution >= 0.6 is 11.6 Å². The number of nitrogen functional groups attached to an aromatic ring is 1. The lowest BCUT2D eigenvalue weighted by molar-refractivity contribution is 0.288. The maximum Gasteiger partial charge on any atom is 0.126 e. The van der Waals surface area contributed by atoms with Crippen LogP contribution in [0.3, 0.4) is 0 Å². The number of nitrogens with zero attached hydrogens (tertiary/aromatic N) is 1. The summed E-state index contributed by atoms with van der Waals surface area (Å²) in [5.74, 6) is -0.0368. The highest BCUT2D eigenvalue weighted by molar-refractivity contribution is 6.34. The Labute approximate surface area is 113 Å². The minimum Gasteiger partial charge on any atom is -0.396 e. The van der Waals surface area contributed by atoms with Gasteiger partial charge < -0.3 is 15.7 Å². The zero-order chi connectivity index (χ0) is 13.7. The van der Waals surface area contributed by atoms with E-state index in [0.717, 1.165) is 5.69 Å². The Bertz CT molecular complexity index is 421. The van der Waals surface area contributed by atoms with Crippen LogP contribution in [0.25, 0.3) is 0 Å². The molecule has 0 bridgehead atoms. The summed E-state index contributed by atoms with van der Waals surface area (Å²) in [5.41, 5.74) is 7.01. The van der Waals surface area contributed by atoms with Crippen molar-refractivity contribution < 1.29 is 5.11 Å². The highest BCUT2D eigenvalue weighted by Gasteiger charge is 2.17. The zero-order valence-electron chi connectivity index (χ0n) is 10.8. The predicted octanol–water partition coefficient (Wildman–Crippen LogP) is 2.22. The molecule has 0 aliphatic rings.